The van der Waals surface area contributed by atoms with Crippen LogP contribution in [0, 0.1) is 6.92 Å². The molecule has 1 unspecified atom stereocenters. The third kappa shape index (κ3) is 2.67. The van der Waals surface area contributed by atoms with Gasteiger partial charge in [-0.2, -0.15) is 0 Å². The van der Waals surface area contributed by atoms with Gasteiger partial charge in [0.2, 0.25) is 0 Å². The number of nitrogen functional groups attached to an aromatic ring is 1. The fourth-order valence-corrected chi connectivity index (χ4v) is 2.57. The predicted octanol–water partition coefficient (Wildman–Crippen LogP) is 3.17. The molecule has 0 bridgehead atoms. The van der Waals surface area contributed by atoms with E-state index in [4.69, 9.17) is 22.1 Å². The van der Waals surface area contributed by atoms with Crippen molar-refractivity contribution < 1.29 is 9.53 Å². The lowest BCUT2D eigenvalue weighted by Crippen LogP contribution is -2.38. The number of rotatable bonds is 2. The molecule has 3 rings (SSSR count). The summed E-state index contributed by atoms with van der Waals surface area (Å²) in [6.45, 7) is 1.94. The van der Waals surface area contributed by atoms with Crippen molar-refractivity contribution in [2.24, 2.45) is 0 Å². The first-order chi connectivity index (χ1) is 10.0. The number of hydrogen-bond donors (Lipinski definition) is 2. The van der Waals surface area contributed by atoms with E-state index < -0.39 is 6.10 Å². The standard InChI is InChI=1S/C16H15ClN2O2/c1-9-10(3-2-4-12(9)17)7-15-16(20)19-13-8-11(18)5-6-14(13)21-15/h2-6,8,15H,7,18H2,1H3,(H,19,20). The molecule has 0 aliphatic carbocycles. The fraction of sp³-hybridized carbons (Fsp3) is 0.188. The predicted molar refractivity (Wildman–Crippen MR) is 83.8 cm³/mol. The number of carbonyl (C=O) groups is 1. The first-order valence-corrected chi connectivity index (χ1v) is 7.03. The Kier molecular flexibility index (Phi) is 3.47. The number of fused-ring (bicyclic) bond motifs is 1. The van der Waals surface area contributed by atoms with Crippen molar-refractivity contribution in [1.29, 1.82) is 0 Å². The van der Waals surface area contributed by atoms with Crippen LogP contribution in [0.25, 0.3) is 0 Å². The molecular weight excluding hydrogens is 288 g/mol. The molecule has 0 spiro atoms. The summed E-state index contributed by atoms with van der Waals surface area (Å²) in [4.78, 5) is 12.2. The van der Waals surface area contributed by atoms with E-state index in [1.165, 1.54) is 0 Å². The number of amides is 1. The molecule has 0 aromatic heterocycles. The third-order valence-electron chi connectivity index (χ3n) is 3.61. The zero-order valence-electron chi connectivity index (χ0n) is 11.5. The van der Waals surface area contributed by atoms with Gasteiger partial charge in [-0.05, 0) is 42.3 Å². The Morgan fingerprint density at radius 2 is 2.14 bits per heavy atom. The van der Waals surface area contributed by atoms with Gasteiger partial charge in [-0.1, -0.05) is 23.7 Å². The average molecular weight is 303 g/mol. The van der Waals surface area contributed by atoms with E-state index in [2.05, 4.69) is 5.32 Å². The average Bonchev–Trinajstić information content (AvgIpc) is 2.45. The Morgan fingerprint density at radius 3 is 2.95 bits per heavy atom. The monoisotopic (exact) mass is 302 g/mol. The first-order valence-electron chi connectivity index (χ1n) is 6.65. The van der Waals surface area contributed by atoms with Crippen LogP contribution in [-0.2, 0) is 11.2 Å². The fourth-order valence-electron chi connectivity index (χ4n) is 2.38. The van der Waals surface area contributed by atoms with Crippen LogP contribution in [0.3, 0.4) is 0 Å². The summed E-state index contributed by atoms with van der Waals surface area (Å²) >= 11 is 6.11. The summed E-state index contributed by atoms with van der Waals surface area (Å²) in [5, 5.41) is 3.52. The molecule has 1 aliphatic rings. The van der Waals surface area contributed by atoms with E-state index in [1.54, 1.807) is 18.2 Å². The van der Waals surface area contributed by atoms with E-state index in [9.17, 15) is 4.79 Å². The van der Waals surface area contributed by atoms with Gasteiger partial charge in [0.1, 0.15) is 5.75 Å². The third-order valence-corrected chi connectivity index (χ3v) is 4.02. The van der Waals surface area contributed by atoms with Crippen molar-refractivity contribution in [2.45, 2.75) is 19.4 Å². The zero-order valence-corrected chi connectivity index (χ0v) is 12.3. The van der Waals surface area contributed by atoms with Gasteiger partial charge in [-0.15, -0.1) is 0 Å². The lowest BCUT2D eigenvalue weighted by molar-refractivity contribution is -0.123. The smallest absolute Gasteiger partial charge is 0.265 e. The largest absolute Gasteiger partial charge is 0.478 e. The van der Waals surface area contributed by atoms with E-state index >= 15 is 0 Å². The van der Waals surface area contributed by atoms with Crippen LogP contribution in [0.4, 0.5) is 11.4 Å². The van der Waals surface area contributed by atoms with E-state index in [1.807, 2.05) is 25.1 Å². The van der Waals surface area contributed by atoms with Crippen LogP contribution in [0.15, 0.2) is 36.4 Å². The Hall–Kier alpha value is -2.20. The van der Waals surface area contributed by atoms with Gasteiger partial charge in [0.15, 0.2) is 6.10 Å². The first kappa shape index (κ1) is 13.8. The van der Waals surface area contributed by atoms with E-state index in [0.29, 0.717) is 28.6 Å². The summed E-state index contributed by atoms with van der Waals surface area (Å²) in [5.41, 5.74) is 8.87. The molecule has 108 valence electrons. The molecule has 1 amide bonds. The number of ether oxygens (including phenoxy) is 1. The Morgan fingerprint density at radius 1 is 1.33 bits per heavy atom. The molecule has 0 radical (unpaired) electrons. The number of halogens is 1. The minimum Gasteiger partial charge on any atom is -0.478 e. The van der Waals surface area contributed by atoms with Crippen molar-refractivity contribution in [3.63, 3.8) is 0 Å². The lowest BCUT2D eigenvalue weighted by atomic mass is 10.0. The van der Waals surface area contributed by atoms with Gasteiger partial charge in [-0.25, -0.2) is 0 Å². The maximum atomic E-state index is 12.2. The van der Waals surface area contributed by atoms with Gasteiger partial charge in [0.25, 0.3) is 5.91 Å². The van der Waals surface area contributed by atoms with Crippen LogP contribution in [0.2, 0.25) is 5.02 Å². The Balaban J connectivity index is 1.86. The minimum absolute atomic E-state index is 0.174. The lowest BCUT2D eigenvalue weighted by Gasteiger charge is -2.26. The molecular formula is C16H15ClN2O2. The van der Waals surface area contributed by atoms with Gasteiger partial charge in [-0.3, -0.25) is 4.79 Å². The van der Waals surface area contributed by atoms with Crippen molar-refractivity contribution >= 4 is 28.9 Å². The second-order valence-corrected chi connectivity index (χ2v) is 5.49. The number of hydrogen-bond acceptors (Lipinski definition) is 3. The summed E-state index contributed by atoms with van der Waals surface area (Å²) in [5.74, 6) is 0.459. The molecule has 2 aromatic rings. The molecule has 0 saturated heterocycles. The van der Waals surface area contributed by atoms with Gasteiger partial charge in [0, 0.05) is 17.1 Å². The van der Waals surface area contributed by atoms with Crippen molar-refractivity contribution in [2.75, 3.05) is 11.1 Å². The highest BCUT2D eigenvalue weighted by Gasteiger charge is 2.28. The molecule has 5 heteroatoms. The number of carbonyl (C=O) groups excluding carboxylic acids is 1. The highest BCUT2D eigenvalue weighted by Crippen LogP contribution is 2.32. The second kappa shape index (κ2) is 5.30. The number of anilines is 2. The van der Waals surface area contributed by atoms with Gasteiger partial charge in [0.05, 0.1) is 5.69 Å². The summed E-state index contributed by atoms with van der Waals surface area (Å²) in [6, 6.07) is 10.9. The summed E-state index contributed by atoms with van der Waals surface area (Å²) < 4.78 is 5.79. The van der Waals surface area contributed by atoms with Crippen molar-refractivity contribution in [3.05, 3.63) is 52.5 Å². The van der Waals surface area contributed by atoms with Crippen molar-refractivity contribution in [1.82, 2.24) is 0 Å². The highest BCUT2D eigenvalue weighted by atomic mass is 35.5. The highest BCUT2D eigenvalue weighted by molar-refractivity contribution is 6.31. The number of benzene rings is 2. The molecule has 1 heterocycles. The maximum Gasteiger partial charge on any atom is 0.265 e. The molecule has 21 heavy (non-hydrogen) atoms. The molecule has 1 atom stereocenters. The quantitative estimate of drug-likeness (QED) is 0.838. The SMILES string of the molecule is Cc1c(Cl)cccc1CC1Oc2ccc(N)cc2NC1=O. The topological polar surface area (TPSA) is 64.3 Å². The number of nitrogens with two attached hydrogens (primary N) is 1. The molecule has 4 nitrogen and oxygen atoms in total. The molecule has 0 fully saturated rings. The van der Waals surface area contributed by atoms with Crippen LogP contribution in [0.5, 0.6) is 5.75 Å². The molecule has 0 saturated carbocycles. The zero-order chi connectivity index (χ0) is 15.0. The van der Waals surface area contributed by atoms with Crippen LogP contribution < -0.4 is 15.8 Å². The molecule has 3 N–H and O–H groups in total. The molecule has 2 aromatic carbocycles. The second-order valence-electron chi connectivity index (χ2n) is 5.08. The van der Waals surface area contributed by atoms with Gasteiger partial charge < -0.3 is 15.8 Å². The van der Waals surface area contributed by atoms with Crippen LogP contribution >= 0.6 is 11.6 Å². The number of nitrogens with one attached hydrogen (secondary N) is 1. The van der Waals surface area contributed by atoms with Crippen molar-refractivity contribution in [3.8, 4) is 5.75 Å². The van der Waals surface area contributed by atoms with Gasteiger partial charge >= 0.3 is 0 Å². The van der Waals surface area contributed by atoms with Crippen LogP contribution in [-0.4, -0.2) is 12.0 Å². The summed E-state index contributed by atoms with van der Waals surface area (Å²) in [6.07, 6.45) is -0.0968. The van der Waals surface area contributed by atoms with Crippen LogP contribution in [0.1, 0.15) is 11.1 Å². The Bertz CT molecular complexity index is 715. The normalized spacial score (nSPS) is 16.9. The Labute approximate surface area is 127 Å². The van der Waals surface area contributed by atoms with E-state index in [0.717, 1.165) is 11.1 Å². The minimum atomic E-state index is -0.571. The van der Waals surface area contributed by atoms with E-state index in [-0.39, 0.29) is 5.91 Å². The summed E-state index contributed by atoms with van der Waals surface area (Å²) in [7, 11) is 0. The maximum absolute atomic E-state index is 12.2. The molecule has 1 aliphatic heterocycles.